The van der Waals surface area contributed by atoms with E-state index in [1.165, 1.54) is 0 Å². The van der Waals surface area contributed by atoms with Crippen molar-refractivity contribution >= 4 is 34.3 Å². The summed E-state index contributed by atoms with van der Waals surface area (Å²) in [6.45, 7) is 1.06. The van der Waals surface area contributed by atoms with Crippen LogP contribution in [0.4, 0.5) is 10.5 Å². The van der Waals surface area contributed by atoms with E-state index in [4.69, 9.17) is 10.5 Å². The molecule has 166 valence electrons. The van der Waals surface area contributed by atoms with Gasteiger partial charge in [-0.05, 0) is 60.4 Å². The molecule has 0 saturated carbocycles. The molecule has 0 spiro atoms. The molecule has 6 rings (SSSR count). The number of anilines is 1. The normalized spacial score (nSPS) is 18.8. The van der Waals surface area contributed by atoms with Crippen LogP contribution in [0.1, 0.15) is 44.3 Å². The van der Waals surface area contributed by atoms with Gasteiger partial charge in [-0.15, -0.1) is 0 Å². The van der Waals surface area contributed by atoms with Crippen LogP contribution in [-0.2, 0) is 6.42 Å². The molecule has 3 aliphatic rings. The Morgan fingerprint density at radius 1 is 1.12 bits per heavy atom. The number of hydrogen-bond donors (Lipinski definition) is 2. The van der Waals surface area contributed by atoms with Crippen molar-refractivity contribution in [3.8, 4) is 5.75 Å². The summed E-state index contributed by atoms with van der Waals surface area (Å²) in [5.41, 5.74) is 10.9. The van der Waals surface area contributed by atoms with E-state index in [1.807, 2.05) is 24.3 Å². The molecule has 3 heterocycles. The molecule has 8 nitrogen and oxygen atoms in total. The van der Waals surface area contributed by atoms with Crippen LogP contribution in [0.15, 0.2) is 48.2 Å². The van der Waals surface area contributed by atoms with Crippen LogP contribution < -0.4 is 15.4 Å². The first-order chi connectivity index (χ1) is 16.0. The number of benzene rings is 2. The van der Waals surface area contributed by atoms with Gasteiger partial charge in [-0.25, -0.2) is 4.79 Å². The number of fused-ring (bicyclic) bond motifs is 6. The first kappa shape index (κ1) is 19.6. The SMILES string of the molecule is COc1ccc2c(c1)C1CCN(C(=O)c3cc4c5c(ccc4[nH]3)N(C(N)=O)CC5)C1=CC2=O. The number of allylic oxidation sites excluding steroid dienone is 2. The van der Waals surface area contributed by atoms with Crippen molar-refractivity contribution in [1.82, 2.24) is 9.88 Å². The highest BCUT2D eigenvalue weighted by molar-refractivity contribution is 6.09. The fourth-order valence-corrected chi connectivity index (χ4v) is 5.43. The first-order valence-electron chi connectivity index (χ1n) is 10.9. The lowest BCUT2D eigenvalue weighted by Gasteiger charge is -2.25. The van der Waals surface area contributed by atoms with Crippen molar-refractivity contribution in [3.05, 3.63) is 70.6 Å². The van der Waals surface area contributed by atoms with Gasteiger partial charge in [-0.3, -0.25) is 14.5 Å². The second-order valence-corrected chi connectivity index (χ2v) is 8.63. The van der Waals surface area contributed by atoms with Crippen LogP contribution in [0.25, 0.3) is 10.9 Å². The molecule has 1 aromatic heterocycles. The van der Waals surface area contributed by atoms with Gasteiger partial charge in [0.05, 0.1) is 7.11 Å². The van der Waals surface area contributed by atoms with Gasteiger partial charge in [0, 0.05) is 52.9 Å². The summed E-state index contributed by atoms with van der Waals surface area (Å²) in [6, 6.07) is 10.6. The second kappa shape index (κ2) is 6.96. The maximum Gasteiger partial charge on any atom is 0.319 e. The minimum Gasteiger partial charge on any atom is -0.497 e. The van der Waals surface area contributed by atoms with Gasteiger partial charge in [0.25, 0.3) is 5.91 Å². The second-order valence-electron chi connectivity index (χ2n) is 8.63. The Labute approximate surface area is 189 Å². The molecule has 2 aromatic carbocycles. The molecule has 1 unspecified atom stereocenters. The maximum atomic E-state index is 13.5. The lowest BCUT2D eigenvalue weighted by atomic mass is 9.84. The minimum absolute atomic E-state index is 0.0190. The highest BCUT2D eigenvalue weighted by Crippen LogP contribution is 2.43. The molecule has 1 aliphatic carbocycles. The predicted molar refractivity (Wildman–Crippen MR) is 123 cm³/mol. The number of nitrogens with zero attached hydrogens (tertiary/aromatic N) is 2. The zero-order chi connectivity index (χ0) is 22.9. The van der Waals surface area contributed by atoms with Crippen molar-refractivity contribution in [1.29, 1.82) is 0 Å². The zero-order valence-corrected chi connectivity index (χ0v) is 18.1. The number of nitrogens with two attached hydrogens (primary N) is 1. The summed E-state index contributed by atoms with van der Waals surface area (Å²) in [4.78, 5) is 44.5. The number of carbonyl (C=O) groups excluding carboxylic acids is 3. The summed E-state index contributed by atoms with van der Waals surface area (Å²) in [5.74, 6) is 0.411. The Kier molecular flexibility index (Phi) is 4.14. The Hall–Kier alpha value is -4.07. The topological polar surface area (TPSA) is 109 Å². The van der Waals surface area contributed by atoms with Gasteiger partial charge >= 0.3 is 6.03 Å². The number of nitrogens with one attached hydrogen (secondary N) is 1. The number of amides is 3. The average molecular weight is 442 g/mol. The van der Waals surface area contributed by atoms with Gasteiger partial charge in [0.1, 0.15) is 11.4 Å². The van der Waals surface area contributed by atoms with Gasteiger partial charge in [0.15, 0.2) is 5.78 Å². The van der Waals surface area contributed by atoms with Crippen molar-refractivity contribution in [3.63, 3.8) is 0 Å². The van der Waals surface area contributed by atoms with Crippen molar-refractivity contribution in [2.24, 2.45) is 5.73 Å². The number of carbonyl (C=O) groups is 3. The van der Waals surface area contributed by atoms with E-state index in [-0.39, 0.29) is 17.6 Å². The fourth-order valence-electron chi connectivity index (χ4n) is 5.43. The van der Waals surface area contributed by atoms with Crippen molar-refractivity contribution < 1.29 is 19.1 Å². The molecule has 8 heteroatoms. The number of H-pyrrole nitrogens is 1. The van der Waals surface area contributed by atoms with E-state index in [1.54, 1.807) is 35.1 Å². The molecule has 0 radical (unpaired) electrons. The molecule has 1 saturated heterocycles. The first-order valence-corrected chi connectivity index (χ1v) is 10.9. The number of ketones is 1. The molecular weight excluding hydrogens is 420 g/mol. The zero-order valence-electron chi connectivity index (χ0n) is 18.1. The fraction of sp³-hybridized carbons (Fsp3) is 0.240. The van der Waals surface area contributed by atoms with Crippen LogP contribution >= 0.6 is 0 Å². The number of likely N-dealkylation sites (tertiary alicyclic amines) is 1. The molecule has 33 heavy (non-hydrogen) atoms. The lowest BCUT2D eigenvalue weighted by Crippen LogP contribution is -2.33. The van der Waals surface area contributed by atoms with E-state index < -0.39 is 6.03 Å². The predicted octanol–water partition coefficient (Wildman–Crippen LogP) is 3.33. The van der Waals surface area contributed by atoms with Crippen LogP contribution in [0.2, 0.25) is 0 Å². The van der Waals surface area contributed by atoms with E-state index in [0.717, 1.165) is 39.8 Å². The van der Waals surface area contributed by atoms with Crippen molar-refractivity contribution in [2.45, 2.75) is 18.8 Å². The smallest absolute Gasteiger partial charge is 0.319 e. The Morgan fingerprint density at radius 3 is 2.76 bits per heavy atom. The van der Waals surface area contributed by atoms with Crippen molar-refractivity contribution in [2.75, 3.05) is 25.1 Å². The molecule has 3 aromatic rings. The molecule has 1 atom stereocenters. The Bertz CT molecular complexity index is 1400. The number of primary amides is 1. The molecule has 3 N–H and O–H groups in total. The maximum absolute atomic E-state index is 13.5. The molecule has 1 fully saturated rings. The number of rotatable bonds is 2. The Morgan fingerprint density at radius 2 is 1.97 bits per heavy atom. The Balaban J connectivity index is 1.36. The molecular formula is C25H22N4O4. The number of aromatic nitrogens is 1. The third-order valence-electron chi connectivity index (χ3n) is 7.00. The highest BCUT2D eigenvalue weighted by Gasteiger charge is 2.39. The van der Waals surface area contributed by atoms with E-state index >= 15 is 0 Å². The third kappa shape index (κ3) is 2.80. The summed E-state index contributed by atoms with van der Waals surface area (Å²) < 4.78 is 5.35. The quantitative estimate of drug-likeness (QED) is 0.634. The number of ether oxygens (including phenoxy) is 1. The largest absolute Gasteiger partial charge is 0.497 e. The monoisotopic (exact) mass is 442 g/mol. The van der Waals surface area contributed by atoms with E-state index in [2.05, 4.69) is 4.98 Å². The molecule has 0 bridgehead atoms. The van der Waals surface area contributed by atoms with Crippen LogP contribution in [-0.4, -0.2) is 47.8 Å². The summed E-state index contributed by atoms with van der Waals surface area (Å²) >= 11 is 0. The van der Waals surface area contributed by atoms with E-state index in [9.17, 15) is 14.4 Å². The third-order valence-corrected chi connectivity index (χ3v) is 7.00. The number of urea groups is 1. The number of aromatic amines is 1. The average Bonchev–Trinajstić information content (AvgIpc) is 3.53. The summed E-state index contributed by atoms with van der Waals surface area (Å²) in [7, 11) is 1.60. The highest BCUT2D eigenvalue weighted by atomic mass is 16.5. The molecule has 3 amide bonds. The van der Waals surface area contributed by atoms with Gasteiger partial charge in [0.2, 0.25) is 0 Å². The van der Waals surface area contributed by atoms with Gasteiger partial charge in [-0.2, -0.15) is 0 Å². The molecule has 2 aliphatic heterocycles. The van der Waals surface area contributed by atoms with Crippen LogP contribution in [0, 0.1) is 0 Å². The minimum atomic E-state index is -0.478. The number of methoxy groups -OCH3 is 1. The summed E-state index contributed by atoms with van der Waals surface area (Å²) in [5, 5.41) is 0.916. The van der Waals surface area contributed by atoms with Crippen LogP contribution in [0.5, 0.6) is 5.75 Å². The lowest BCUT2D eigenvalue weighted by molar-refractivity contribution is 0.0819. The standard InChI is InChI=1S/C25H22N4O4/c1-33-13-2-3-16-17(10-13)14-6-8-28(22(14)12-23(16)30)24(31)20-11-18-15-7-9-29(25(26)32)21(15)5-4-19(18)27-20/h2-5,10-12,14,27H,6-9H2,1H3,(H2,26,32). The van der Waals surface area contributed by atoms with Gasteiger partial charge in [-0.1, -0.05) is 0 Å². The van der Waals surface area contributed by atoms with Crippen LogP contribution in [0.3, 0.4) is 0 Å². The summed E-state index contributed by atoms with van der Waals surface area (Å²) in [6.07, 6.45) is 3.02. The van der Waals surface area contributed by atoms with E-state index in [0.29, 0.717) is 36.5 Å². The van der Waals surface area contributed by atoms with Gasteiger partial charge < -0.3 is 20.4 Å². The number of hydrogen-bond acceptors (Lipinski definition) is 4.